The normalized spacial score (nSPS) is 11.5. The summed E-state index contributed by atoms with van der Waals surface area (Å²) in [6, 6.07) is 175. The summed E-state index contributed by atoms with van der Waals surface area (Å²) in [5, 5.41) is 18.2. The van der Waals surface area contributed by atoms with Gasteiger partial charge in [0.25, 0.3) is 0 Å². The zero-order chi connectivity index (χ0) is 79.4. The van der Waals surface area contributed by atoms with E-state index in [9.17, 15) is 0 Å². The van der Waals surface area contributed by atoms with Gasteiger partial charge in [0.1, 0.15) is 0 Å². The molecule has 0 unspecified atom stereocenters. The third-order valence-electron chi connectivity index (χ3n) is 24.0. The van der Waals surface area contributed by atoms with Crippen molar-refractivity contribution in [3.63, 3.8) is 0 Å². The van der Waals surface area contributed by atoms with E-state index >= 15 is 0 Å². The molecule has 0 aliphatic heterocycles. The monoisotopic (exact) mass is 1530 g/mol. The molecular formula is C116H78N4. The Morgan fingerprint density at radius 3 is 0.342 bits per heavy atom. The van der Waals surface area contributed by atoms with Crippen LogP contribution in [0.3, 0.4) is 0 Å². The molecule has 22 rings (SSSR count). The first kappa shape index (κ1) is 70.7. The largest absolute Gasteiger partial charge is 0.309 e. The van der Waals surface area contributed by atoms with E-state index in [0.717, 1.165) is 210 Å². The van der Waals surface area contributed by atoms with Gasteiger partial charge < -0.3 is 19.6 Å². The molecule has 0 aliphatic rings. The summed E-state index contributed by atoms with van der Waals surface area (Å²) in [5.74, 6) is 0. The maximum atomic E-state index is 2.52. The van der Waals surface area contributed by atoms with Crippen molar-refractivity contribution >= 4 is 154 Å². The van der Waals surface area contributed by atoms with Crippen LogP contribution in [0, 0.1) is 0 Å². The molecular weight excluding hydrogens is 1450 g/mol. The second-order valence-electron chi connectivity index (χ2n) is 30.9. The molecule has 22 aromatic carbocycles. The van der Waals surface area contributed by atoms with E-state index in [-0.39, 0.29) is 0 Å². The Labute approximate surface area is 698 Å². The topological polar surface area (TPSA) is 13.0 Å². The van der Waals surface area contributed by atoms with Crippen molar-refractivity contribution in [1.29, 1.82) is 0 Å². The summed E-state index contributed by atoms with van der Waals surface area (Å²) in [6.45, 7) is 0. The molecule has 4 heteroatoms. The van der Waals surface area contributed by atoms with Crippen LogP contribution in [0.15, 0.2) is 473 Å². The number of nitrogens with zero attached hydrogens (tertiary/aromatic N) is 4. The lowest BCUT2D eigenvalue weighted by Gasteiger charge is -2.30. The van der Waals surface area contributed by atoms with E-state index in [1.165, 1.54) is 0 Å². The van der Waals surface area contributed by atoms with Gasteiger partial charge in [-0.2, -0.15) is 0 Å². The SMILES string of the molecule is c1ccc(N(c2ccccc2)c2c3ccccc3c(-c3cc(-c4cc(-c5c6ccccc6c(N(c6ccccc6)c6ccccc6)c6ccccc56)cc(-c5c6ccccc6c(N(c6ccccc6)c6ccccc6)c6ccccc56)c4)cc(-c4c5ccccc5c(N(c5ccccc5)c5ccccc5)c5ccccc45)c3)c3ccccc23)cc1. The maximum absolute atomic E-state index is 2.52. The number of para-hydroxylation sites is 8. The van der Waals surface area contributed by atoms with E-state index in [1.807, 2.05) is 0 Å². The smallest absolute Gasteiger partial charge is 0.0618 e. The molecule has 120 heavy (non-hydrogen) atoms. The lowest BCUT2D eigenvalue weighted by atomic mass is 9.82. The summed E-state index contributed by atoms with van der Waals surface area (Å²) < 4.78 is 0. The standard InChI is InChI=1S/C116H78N4/c1-9-41-85(42-10-1)117(86-43-11-2-12-44-86)113-101-65-33-25-57-93(101)109(94-58-26-34-66-102(94)113)81-73-79(74-82(77-81)110-95-59-27-35-67-103(95)114(104-68-36-28-60-96(104)110)118(87-45-13-3-14-46-87)88-47-15-4-16-48-88)80-75-83(111-97-61-29-37-69-105(97)115(106-70-38-30-62-98(106)111)119(89-49-17-5-18-50-89)90-51-19-6-20-52-90)78-84(76-80)112-99-63-31-39-71-107(99)116(108-72-40-32-64-100(108)112)120(91-53-21-7-22-54-91)92-55-23-8-24-56-92/h1-78H. The fraction of sp³-hybridized carbons (Fsp3) is 0. The minimum atomic E-state index is 1.07. The molecule has 22 aromatic rings. The predicted molar refractivity (Wildman–Crippen MR) is 512 cm³/mol. The van der Waals surface area contributed by atoms with Gasteiger partial charge in [0.2, 0.25) is 0 Å². The average molecular weight is 1530 g/mol. The maximum Gasteiger partial charge on any atom is 0.0618 e. The number of rotatable bonds is 17. The Morgan fingerprint density at radius 2 is 0.208 bits per heavy atom. The van der Waals surface area contributed by atoms with Crippen LogP contribution in [-0.2, 0) is 0 Å². The second kappa shape index (κ2) is 30.4. The van der Waals surface area contributed by atoms with Gasteiger partial charge in [0, 0.05) is 88.6 Å². The van der Waals surface area contributed by atoms with Crippen LogP contribution in [0.5, 0.6) is 0 Å². The number of anilines is 12. The Hall–Kier alpha value is -15.9. The summed E-state index contributed by atoms with van der Waals surface area (Å²) >= 11 is 0. The van der Waals surface area contributed by atoms with E-state index in [1.54, 1.807) is 0 Å². The lowest BCUT2D eigenvalue weighted by molar-refractivity contribution is 1.31. The van der Waals surface area contributed by atoms with E-state index < -0.39 is 0 Å². The first-order valence-electron chi connectivity index (χ1n) is 41.3. The van der Waals surface area contributed by atoms with Gasteiger partial charge in [0.05, 0.1) is 22.7 Å². The highest BCUT2D eigenvalue weighted by atomic mass is 15.2. The molecule has 0 saturated heterocycles. The zero-order valence-corrected chi connectivity index (χ0v) is 65.8. The van der Waals surface area contributed by atoms with Crippen molar-refractivity contribution in [2.24, 2.45) is 0 Å². The van der Waals surface area contributed by atoms with Crippen molar-refractivity contribution in [1.82, 2.24) is 0 Å². The molecule has 0 heterocycles. The molecule has 0 fully saturated rings. The number of hydrogen-bond donors (Lipinski definition) is 0. The van der Waals surface area contributed by atoms with Gasteiger partial charge in [-0.25, -0.2) is 0 Å². The molecule has 0 aromatic heterocycles. The molecule has 0 aliphatic carbocycles. The van der Waals surface area contributed by atoms with E-state index in [2.05, 4.69) is 493 Å². The molecule has 0 N–H and O–H groups in total. The molecule has 4 nitrogen and oxygen atoms in total. The number of benzene rings is 22. The van der Waals surface area contributed by atoms with Crippen LogP contribution in [0.2, 0.25) is 0 Å². The minimum Gasteiger partial charge on any atom is -0.309 e. The molecule has 562 valence electrons. The van der Waals surface area contributed by atoms with Crippen LogP contribution >= 0.6 is 0 Å². The highest BCUT2D eigenvalue weighted by molar-refractivity contribution is 6.28. The second-order valence-corrected chi connectivity index (χ2v) is 30.9. The Bertz CT molecular complexity index is 6340. The van der Waals surface area contributed by atoms with Crippen molar-refractivity contribution < 1.29 is 0 Å². The average Bonchev–Trinajstić information content (AvgIpc) is 0.727. The summed E-state index contributed by atoms with van der Waals surface area (Å²) in [7, 11) is 0. The van der Waals surface area contributed by atoms with Crippen molar-refractivity contribution in [2.45, 2.75) is 0 Å². The first-order chi connectivity index (χ1) is 59.6. The first-order valence-corrected chi connectivity index (χ1v) is 41.3. The Balaban J connectivity index is 0.886. The van der Waals surface area contributed by atoms with Crippen LogP contribution < -0.4 is 19.6 Å². The van der Waals surface area contributed by atoms with Gasteiger partial charge in [0.15, 0.2) is 0 Å². The molecule has 0 atom stereocenters. The molecule has 0 radical (unpaired) electrons. The van der Waals surface area contributed by atoms with Gasteiger partial charge >= 0.3 is 0 Å². The zero-order valence-electron chi connectivity index (χ0n) is 65.8. The van der Waals surface area contributed by atoms with Crippen molar-refractivity contribution in [3.8, 4) is 55.6 Å². The van der Waals surface area contributed by atoms with Gasteiger partial charge in [-0.3, -0.25) is 0 Å². The lowest BCUT2D eigenvalue weighted by Crippen LogP contribution is -2.11. The van der Waals surface area contributed by atoms with Crippen LogP contribution in [0.1, 0.15) is 0 Å². The third kappa shape index (κ3) is 12.2. The van der Waals surface area contributed by atoms with Crippen LogP contribution in [0.4, 0.5) is 68.2 Å². The highest BCUT2D eigenvalue weighted by Gasteiger charge is 2.30. The summed E-state index contributed by atoms with van der Waals surface area (Å²) in [5.41, 5.74) is 24.2. The molecule has 0 saturated carbocycles. The number of hydrogen-bond acceptors (Lipinski definition) is 4. The summed E-state index contributed by atoms with van der Waals surface area (Å²) in [6.07, 6.45) is 0. The third-order valence-corrected chi connectivity index (χ3v) is 24.0. The summed E-state index contributed by atoms with van der Waals surface area (Å²) in [4.78, 5) is 9.83. The minimum absolute atomic E-state index is 1.07. The Morgan fingerprint density at radius 1 is 0.100 bits per heavy atom. The predicted octanol–water partition coefficient (Wildman–Crippen LogP) is 33.1. The number of fused-ring (bicyclic) bond motifs is 8. The highest BCUT2D eigenvalue weighted by Crippen LogP contribution is 2.56. The van der Waals surface area contributed by atoms with Crippen LogP contribution in [0.25, 0.3) is 142 Å². The van der Waals surface area contributed by atoms with Crippen molar-refractivity contribution in [2.75, 3.05) is 19.6 Å². The van der Waals surface area contributed by atoms with Crippen LogP contribution in [-0.4, -0.2) is 0 Å². The van der Waals surface area contributed by atoms with Crippen molar-refractivity contribution in [3.05, 3.63) is 473 Å². The fourth-order valence-corrected chi connectivity index (χ4v) is 19.0. The molecule has 0 spiro atoms. The van der Waals surface area contributed by atoms with E-state index in [4.69, 9.17) is 0 Å². The molecule has 0 amide bonds. The fourth-order valence-electron chi connectivity index (χ4n) is 19.0. The Kier molecular flexibility index (Phi) is 17.9. The van der Waals surface area contributed by atoms with Gasteiger partial charge in [-0.1, -0.05) is 340 Å². The van der Waals surface area contributed by atoms with Gasteiger partial charge in [-0.05, 0) is 232 Å². The quantitative estimate of drug-likeness (QED) is 0.0843. The van der Waals surface area contributed by atoms with Gasteiger partial charge in [-0.15, -0.1) is 0 Å². The van der Waals surface area contributed by atoms with E-state index in [0.29, 0.717) is 0 Å². The molecule has 0 bridgehead atoms.